The van der Waals surface area contributed by atoms with E-state index in [2.05, 4.69) is 5.32 Å². The summed E-state index contributed by atoms with van der Waals surface area (Å²) in [6, 6.07) is 3.22. The zero-order valence-corrected chi connectivity index (χ0v) is 13.8. The molecule has 1 rings (SSSR count). The number of nitrogens with one attached hydrogen (secondary N) is 1. The summed E-state index contributed by atoms with van der Waals surface area (Å²) in [5.41, 5.74) is 4.21. The van der Waals surface area contributed by atoms with Gasteiger partial charge in [0.25, 0.3) is 5.91 Å². The number of hydrogen-bond donors (Lipinski definition) is 2. The molecular weight excluding hydrogens is 407 g/mol. The molecule has 0 heterocycles. The zero-order valence-electron chi connectivity index (χ0n) is 10.8. The van der Waals surface area contributed by atoms with E-state index in [0.717, 1.165) is 12.1 Å². The number of alkyl halides is 3. The van der Waals surface area contributed by atoms with E-state index in [1.54, 1.807) is 36.4 Å². The smallest absolute Gasteiger partial charge is 0.350 e. The van der Waals surface area contributed by atoms with Crippen molar-refractivity contribution in [2.24, 2.45) is 5.73 Å². The molecule has 0 unspecified atom stereocenters. The number of benzene rings is 1. The largest absolute Gasteiger partial charge is 0.416 e. The van der Waals surface area contributed by atoms with Crippen LogP contribution in [0.15, 0.2) is 18.2 Å². The highest BCUT2D eigenvalue weighted by Gasteiger charge is 2.31. The minimum atomic E-state index is -4.47. The van der Waals surface area contributed by atoms with Gasteiger partial charge in [0.15, 0.2) is 0 Å². The number of amides is 1. The Bertz CT molecular complexity index is 487. The monoisotopic (exact) mass is 422 g/mol. The van der Waals surface area contributed by atoms with Crippen molar-refractivity contribution >= 4 is 40.9 Å². The Hall–Kier alpha value is -0.540. The second kappa shape index (κ2) is 6.95. The topological polar surface area (TPSA) is 55.1 Å². The molecule has 0 atom stereocenters. The van der Waals surface area contributed by atoms with Crippen LogP contribution in [0, 0.1) is 3.57 Å². The van der Waals surface area contributed by atoms with Crippen LogP contribution in [-0.2, 0) is 6.18 Å². The van der Waals surface area contributed by atoms with Gasteiger partial charge in [-0.05, 0) is 54.6 Å². The fourth-order valence-corrected chi connectivity index (χ4v) is 1.97. The second-order valence-corrected chi connectivity index (χ2v) is 6.14. The minimum Gasteiger partial charge on any atom is -0.350 e. The number of rotatable bonds is 3. The van der Waals surface area contributed by atoms with Gasteiger partial charge in [0.1, 0.15) is 0 Å². The van der Waals surface area contributed by atoms with Crippen molar-refractivity contribution in [3.05, 3.63) is 32.9 Å². The first-order valence-corrected chi connectivity index (χ1v) is 6.52. The quantitative estimate of drug-likeness (QED) is 0.735. The Labute approximate surface area is 135 Å². The SMILES string of the molecule is CC(C)(N)CNC(=O)c1cc(I)cc(C(F)(F)F)c1.Cl. The lowest BCUT2D eigenvalue weighted by atomic mass is 10.1. The Kier molecular flexibility index (Phi) is 6.76. The highest BCUT2D eigenvalue weighted by molar-refractivity contribution is 14.1. The first-order valence-electron chi connectivity index (χ1n) is 5.44. The molecule has 0 bridgehead atoms. The van der Waals surface area contributed by atoms with Gasteiger partial charge in [-0.15, -0.1) is 12.4 Å². The third-order valence-electron chi connectivity index (χ3n) is 2.19. The van der Waals surface area contributed by atoms with Crippen LogP contribution in [0.1, 0.15) is 29.8 Å². The van der Waals surface area contributed by atoms with E-state index in [0.29, 0.717) is 3.57 Å². The summed E-state index contributed by atoms with van der Waals surface area (Å²) < 4.78 is 38.2. The first kappa shape index (κ1) is 19.5. The van der Waals surface area contributed by atoms with Gasteiger partial charge in [-0.1, -0.05) is 0 Å². The van der Waals surface area contributed by atoms with E-state index in [1.807, 2.05) is 0 Å². The van der Waals surface area contributed by atoms with Gasteiger partial charge < -0.3 is 11.1 Å². The maximum absolute atomic E-state index is 12.6. The van der Waals surface area contributed by atoms with Gasteiger partial charge >= 0.3 is 6.18 Å². The van der Waals surface area contributed by atoms with Crippen molar-refractivity contribution in [1.82, 2.24) is 5.32 Å². The Morgan fingerprint density at radius 2 is 1.85 bits per heavy atom. The highest BCUT2D eigenvalue weighted by Crippen LogP contribution is 2.31. The Balaban J connectivity index is 0.00000361. The van der Waals surface area contributed by atoms with E-state index in [1.165, 1.54) is 6.07 Å². The van der Waals surface area contributed by atoms with Crippen LogP contribution in [-0.4, -0.2) is 18.0 Å². The molecule has 0 aromatic heterocycles. The lowest BCUT2D eigenvalue weighted by Gasteiger charge is -2.19. The molecule has 0 spiro atoms. The van der Waals surface area contributed by atoms with Crippen LogP contribution >= 0.6 is 35.0 Å². The zero-order chi connectivity index (χ0) is 14.8. The van der Waals surface area contributed by atoms with Crippen molar-refractivity contribution < 1.29 is 18.0 Å². The highest BCUT2D eigenvalue weighted by atomic mass is 127. The fraction of sp³-hybridized carbons (Fsp3) is 0.417. The number of halogens is 5. The molecule has 8 heteroatoms. The Morgan fingerprint density at radius 1 is 1.30 bits per heavy atom. The molecule has 0 saturated heterocycles. The van der Waals surface area contributed by atoms with Crippen LogP contribution in [0.3, 0.4) is 0 Å². The van der Waals surface area contributed by atoms with Gasteiger partial charge in [-0.2, -0.15) is 13.2 Å². The normalized spacial score (nSPS) is 11.8. The molecule has 1 aromatic rings. The van der Waals surface area contributed by atoms with Gasteiger partial charge in [0, 0.05) is 21.2 Å². The molecule has 0 radical (unpaired) electrons. The molecule has 0 aliphatic carbocycles. The van der Waals surface area contributed by atoms with E-state index >= 15 is 0 Å². The van der Waals surface area contributed by atoms with Crippen LogP contribution in [0.2, 0.25) is 0 Å². The van der Waals surface area contributed by atoms with Gasteiger partial charge in [0.05, 0.1) is 5.56 Å². The van der Waals surface area contributed by atoms with Crippen molar-refractivity contribution in [2.75, 3.05) is 6.54 Å². The minimum absolute atomic E-state index is 0. The lowest BCUT2D eigenvalue weighted by Crippen LogP contribution is -2.45. The average Bonchev–Trinajstić information content (AvgIpc) is 2.22. The summed E-state index contributed by atoms with van der Waals surface area (Å²) in [7, 11) is 0. The maximum Gasteiger partial charge on any atom is 0.416 e. The molecule has 3 N–H and O–H groups in total. The van der Waals surface area contributed by atoms with Crippen molar-refractivity contribution in [3.63, 3.8) is 0 Å². The molecule has 20 heavy (non-hydrogen) atoms. The predicted molar refractivity (Wildman–Crippen MR) is 82.0 cm³/mol. The summed E-state index contributed by atoms with van der Waals surface area (Å²) in [5, 5.41) is 2.51. The molecule has 0 fully saturated rings. The molecule has 0 aliphatic heterocycles. The molecule has 114 valence electrons. The third kappa shape index (κ3) is 6.27. The number of carbonyl (C=O) groups is 1. The van der Waals surface area contributed by atoms with E-state index in [-0.39, 0.29) is 24.5 Å². The standard InChI is InChI=1S/C12H14F3IN2O.ClH/c1-11(2,17)6-18-10(19)7-3-8(12(13,14)15)5-9(16)4-7;/h3-5H,6,17H2,1-2H3,(H,18,19);1H. The van der Waals surface area contributed by atoms with Gasteiger partial charge in [0.2, 0.25) is 0 Å². The van der Waals surface area contributed by atoms with Gasteiger partial charge in [-0.25, -0.2) is 0 Å². The number of carbonyl (C=O) groups excluding carboxylic acids is 1. The van der Waals surface area contributed by atoms with Crippen LogP contribution in [0.25, 0.3) is 0 Å². The summed E-state index contributed by atoms with van der Waals surface area (Å²) in [6.45, 7) is 3.60. The summed E-state index contributed by atoms with van der Waals surface area (Å²) in [6.07, 6.45) is -4.47. The van der Waals surface area contributed by atoms with E-state index < -0.39 is 23.2 Å². The molecular formula is C12H15ClF3IN2O. The molecule has 1 amide bonds. The number of hydrogen-bond acceptors (Lipinski definition) is 2. The van der Waals surface area contributed by atoms with Crippen molar-refractivity contribution in [3.8, 4) is 0 Å². The third-order valence-corrected chi connectivity index (χ3v) is 2.81. The van der Waals surface area contributed by atoms with Crippen molar-refractivity contribution in [2.45, 2.75) is 25.6 Å². The summed E-state index contributed by atoms with van der Waals surface area (Å²) in [5.74, 6) is -0.567. The van der Waals surface area contributed by atoms with Crippen molar-refractivity contribution in [1.29, 1.82) is 0 Å². The average molecular weight is 423 g/mol. The molecule has 3 nitrogen and oxygen atoms in total. The van der Waals surface area contributed by atoms with Crippen LogP contribution < -0.4 is 11.1 Å². The molecule has 0 saturated carbocycles. The maximum atomic E-state index is 12.6. The van der Waals surface area contributed by atoms with Crippen LogP contribution in [0.5, 0.6) is 0 Å². The number of nitrogens with two attached hydrogens (primary N) is 1. The van der Waals surface area contributed by atoms with E-state index in [4.69, 9.17) is 5.73 Å². The summed E-state index contributed by atoms with van der Waals surface area (Å²) >= 11 is 1.74. The molecule has 0 aliphatic rings. The summed E-state index contributed by atoms with van der Waals surface area (Å²) in [4.78, 5) is 11.8. The second-order valence-electron chi connectivity index (χ2n) is 4.90. The predicted octanol–water partition coefficient (Wildman–Crippen LogP) is 3.20. The molecule has 1 aromatic carbocycles. The van der Waals surface area contributed by atoms with Gasteiger partial charge in [-0.3, -0.25) is 4.79 Å². The Morgan fingerprint density at radius 3 is 2.30 bits per heavy atom. The lowest BCUT2D eigenvalue weighted by molar-refractivity contribution is -0.137. The fourth-order valence-electron chi connectivity index (χ4n) is 1.29. The first-order chi connectivity index (χ1) is 8.49. The van der Waals surface area contributed by atoms with E-state index in [9.17, 15) is 18.0 Å². The van der Waals surface area contributed by atoms with Crippen LogP contribution in [0.4, 0.5) is 13.2 Å².